The van der Waals surface area contributed by atoms with Crippen LogP contribution in [0.4, 0.5) is 45.2 Å². The van der Waals surface area contributed by atoms with Gasteiger partial charge >= 0.3 is 24.2 Å². The van der Waals surface area contributed by atoms with Crippen molar-refractivity contribution in [2.75, 3.05) is 5.32 Å². The molecule has 16 heteroatoms. The molecule has 0 aliphatic carbocycles. The quantitative estimate of drug-likeness (QED) is 0.193. The number of hydrogen-bond acceptors (Lipinski definition) is 6. The second kappa shape index (κ2) is 13.8. The Balaban J connectivity index is 0.000000376. The van der Waals surface area contributed by atoms with Crippen LogP contribution in [-0.4, -0.2) is 27.9 Å². The first-order valence-corrected chi connectivity index (χ1v) is 14.5. The molecule has 4 aromatic rings. The smallest absolute Gasteiger partial charge is 0.373 e. The van der Waals surface area contributed by atoms with Gasteiger partial charge in [0.2, 0.25) is 5.60 Å². The van der Waals surface area contributed by atoms with E-state index in [-0.39, 0.29) is 27.7 Å². The minimum absolute atomic E-state index is 0.0557. The summed E-state index contributed by atoms with van der Waals surface area (Å²) in [5.41, 5.74) is -7.95. The third-order valence-electron chi connectivity index (χ3n) is 7.90. The summed E-state index contributed by atoms with van der Waals surface area (Å²) in [4.78, 5) is 24.5. The molecular weight excluding hydrogens is 685 g/mol. The summed E-state index contributed by atoms with van der Waals surface area (Å²) in [6.07, 6.45) is -15.6. The number of hydrogen-bond donors (Lipinski definition) is 2. The Morgan fingerprint density at radius 2 is 1.24 bits per heavy atom. The predicted octanol–water partition coefficient (Wildman–Crippen LogP) is 8.62. The number of nitrogens with zero attached hydrogens (tertiary/aromatic N) is 2. The first kappa shape index (κ1) is 39.5. The van der Waals surface area contributed by atoms with Crippen molar-refractivity contribution >= 4 is 22.4 Å². The van der Waals surface area contributed by atoms with Crippen LogP contribution >= 0.6 is 0 Å². The van der Waals surface area contributed by atoms with Crippen LogP contribution in [-0.2, 0) is 28.0 Å². The zero-order valence-corrected chi connectivity index (χ0v) is 27.0. The third-order valence-corrected chi connectivity index (χ3v) is 7.90. The lowest BCUT2D eigenvalue weighted by Crippen LogP contribution is -2.57. The maximum Gasteiger partial charge on any atom is 0.426 e. The Morgan fingerprint density at radius 3 is 1.68 bits per heavy atom. The van der Waals surface area contributed by atoms with E-state index in [4.69, 9.17) is 5.26 Å². The predicted molar refractivity (Wildman–Crippen MR) is 164 cm³/mol. The minimum atomic E-state index is -5.42. The molecule has 4 rings (SSSR count). The fourth-order valence-corrected chi connectivity index (χ4v) is 4.84. The van der Waals surface area contributed by atoms with E-state index in [2.05, 4.69) is 9.68 Å². The van der Waals surface area contributed by atoms with Crippen LogP contribution in [0.3, 0.4) is 0 Å². The van der Waals surface area contributed by atoms with Gasteiger partial charge in [-0.2, -0.15) is 44.8 Å². The van der Waals surface area contributed by atoms with Crippen molar-refractivity contribution in [1.29, 1.82) is 5.26 Å². The van der Waals surface area contributed by atoms with Crippen molar-refractivity contribution in [1.82, 2.24) is 5.16 Å². The van der Waals surface area contributed by atoms with Gasteiger partial charge in [-0.15, -0.1) is 0 Å². The highest BCUT2D eigenvalue weighted by molar-refractivity contribution is 5.99. The van der Waals surface area contributed by atoms with E-state index in [1.807, 2.05) is 11.4 Å². The number of benzene rings is 3. The van der Waals surface area contributed by atoms with Crippen LogP contribution in [0.2, 0.25) is 0 Å². The number of amides is 1. The number of halogens is 9. The normalized spacial score (nSPS) is 13.9. The Labute approximate surface area is 279 Å². The zero-order chi connectivity index (χ0) is 38.1. The van der Waals surface area contributed by atoms with Gasteiger partial charge in [0.05, 0.1) is 33.7 Å². The van der Waals surface area contributed by atoms with E-state index in [0.717, 1.165) is 30.3 Å². The molecule has 1 aromatic heterocycles. The number of aromatic nitrogens is 1. The van der Waals surface area contributed by atoms with Gasteiger partial charge in [0.1, 0.15) is 0 Å². The molecule has 0 spiro atoms. The number of nitrogens with one attached hydrogen (secondary N) is 1. The maximum absolute atomic E-state index is 14.0. The van der Waals surface area contributed by atoms with Gasteiger partial charge in [-0.05, 0) is 79.8 Å². The summed E-state index contributed by atoms with van der Waals surface area (Å²) in [7, 11) is 0. The molecule has 3 aromatic carbocycles. The molecule has 1 amide bonds. The summed E-state index contributed by atoms with van der Waals surface area (Å²) in [5, 5.41) is 25.2. The fraction of sp³-hybridized carbons (Fsp3) is 0.353. The molecule has 0 radical (unpaired) electrons. The molecule has 1 atom stereocenters. The number of anilines is 1. The van der Waals surface area contributed by atoms with Crippen LogP contribution in [0.15, 0.2) is 76.0 Å². The molecule has 1 heterocycles. The number of aryl methyl sites for hydroxylation is 1. The van der Waals surface area contributed by atoms with Crippen molar-refractivity contribution in [2.45, 2.75) is 76.0 Å². The Kier molecular flexibility index (Phi) is 10.9. The van der Waals surface area contributed by atoms with Crippen molar-refractivity contribution in [3.63, 3.8) is 0 Å². The monoisotopic (exact) mass is 715 g/mol. The van der Waals surface area contributed by atoms with Gasteiger partial charge in [0, 0.05) is 17.5 Å². The van der Waals surface area contributed by atoms with Crippen LogP contribution in [0.5, 0.6) is 0 Å². The Hall–Kier alpha value is -4.91. The van der Waals surface area contributed by atoms with Crippen LogP contribution in [0.25, 0.3) is 10.8 Å². The molecule has 0 aliphatic heterocycles. The largest absolute Gasteiger partial charge is 0.426 e. The van der Waals surface area contributed by atoms with Crippen molar-refractivity contribution in [3.05, 3.63) is 105 Å². The second-order valence-electron chi connectivity index (χ2n) is 12.6. The van der Waals surface area contributed by atoms with Gasteiger partial charge in [0.25, 0.3) is 5.91 Å². The standard InChI is InChI=1S/C23H20F6N2O4.C11H10F3N/c1-12-17-10-15(8-9-16(17)18(32)35-31-12)30-19(33)21(34,23(27,28)29)11-20(2,3)13-4-6-14(7-5-13)22(24,25)26;1-10(2,7-15)8-3-5-9(6-4-8)11(12,13)14/h4-10,34H,11H2,1-3H3,(H,30,33);3-6H,1-2H3. The first-order valence-electron chi connectivity index (χ1n) is 14.5. The fourth-order valence-electron chi connectivity index (χ4n) is 4.84. The third kappa shape index (κ3) is 8.81. The average molecular weight is 716 g/mol. The van der Waals surface area contributed by atoms with Crippen LogP contribution in [0.1, 0.15) is 62.1 Å². The second-order valence-corrected chi connectivity index (χ2v) is 12.6. The number of fused-ring (bicyclic) bond motifs is 1. The Bertz CT molecular complexity index is 1940. The molecule has 0 fully saturated rings. The summed E-state index contributed by atoms with van der Waals surface area (Å²) in [6, 6.07) is 13.7. The minimum Gasteiger partial charge on any atom is -0.373 e. The van der Waals surface area contributed by atoms with Gasteiger partial charge < -0.3 is 14.9 Å². The van der Waals surface area contributed by atoms with Crippen LogP contribution in [0, 0.1) is 18.3 Å². The number of nitriles is 1. The van der Waals surface area contributed by atoms with E-state index in [9.17, 15) is 54.2 Å². The lowest BCUT2D eigenvalue weighted by Gasteiger charge is -2.36. The highest BCUT2D eigenvalue weighted by atomic mass is 19.4. The molecule has 2 N–H and O–H groups in total. The highest BCUT2D eigenvalue weighted by Gasteiger charge is 2.61. The molecule has 7 nitrogen and oxygen atoms in total. The van der Waals surface area contributed by atoms with E-state index < -0.39 is 64.0 Å². The summed E-state index contributed by atoms with van der Waals surface area (Å²) in [5.74, 6) is -1.79. The molecule has 50 heavy (non-hydrogen) atoms. The number of rotatable bonds is 6. The summed E-state index contributed by atoms with van der Waals surface area (Å²) >= 11 is 0. The topological polar surface area (TPSA) is 116 Å². The average Bonchev–Trinajstić information content (AvgIpc) is 3.01. The van der Waals surface area contributed by atoms with Gasteiger partial charge in [-0.3, -0.25) is 4.79 Å². The van der Waals surface area contributed by atoms with Crippen molar-refractivity contribution < 1.29 is 53.9 Å². The van der Waals surface area contributed by atoms with Crippen LogP contribution < -0.4 is 10.9 Å². The first-order chi connectivity index (χ1) is 22.7. The number of aliphatic hydroxyl groups is 1. The van der Waals surface area contributed by atoms with E-state index in [0.29, 0.717) is 17.7 Å². The lowest BCUT2D eigenvalue weighted by atomic mass is 9.74. The molecule has 268 valence electrons. The molecule has 0 saturated carbocycles. The summed E-state index contributed by atoms with van der Waals surface area (Å²) < 4.78 is 122. The van der Waals surface area contributed by atoms with Gasteiger partial charge in [0.15, 0.2) is 0 Å². The molecule has 0 bridgehead atoms. The van der Waals surface area contributed by atoms with Crippen molar-refractivity contribution in [2.24, 2.45) is 0 Å². The Morgan fingerprint density at radius 1 is 0.780 bits per heavy atom. The zero-order valence-electron chi connectivity index (χ0n) is 27.0. The molecule has 1 unspecified atom stereocenters. The van der Waals surface area contributed by atoms with Gasteiger partial charge in [-0.1, -0.05) is 43.3 Å². The maximum atomic E-state index is 14.0. The van der Waals surface area contributed by atoms with Gasteiger partial charge in [-0.25, -0.2) is 4.79 Å². The number of carbonyl (C=O) groups is 1. The number of alkyl halides is 9. The molecule has 0 saturated heterocycles. The number of carbonyl (C=O) groups excluding carboxylic acids is 1. The summed E-state index contributed by atoms with van der Waals surface area (Å²) in [6.45, 7) is 7.34. The van der Waals surface area contributed by atoms with E-state index in [1.54, 1.807) is 13.8 Å². The molecular formula is C34H30F9N3O4. The SMILES string of the molecule is CC(C)(C#N)c1ccc(C(F)(F)F)cc1.Cc1noc(=O)c2ccc(NC(=O)C(O)(CC(C)(C)c3ccc(C(F)(F)F)cc3)C(F)(F)F)cc12. The molecule has 0 aliphatic rings. The lowest BCUT2D eigenvalue weighted by molar-refractivity contribution is -0.254. The van der Waals surface area contributed by atoms with E-state index >= 15 is 0 Å². The van der Waals surface area contributed by atoms with E-state index in [1.165, 1.54) is 45.0 Å². The highest BCUT2D eigenvalue weighted by Crippen LogP contribution is 2.42. The van der Waals surface area contributed by atoms with Crippen molar-refractivity contribution in [3.8, 4) is 6.07 Å².